The Balaban J connectivity index is 1.49. The minimum absolute atomic E-state index is 0.00342. The van der Waals surface area contributed by atoms with Gasteiger partial charge in [0, 0.05) is 38.7 Å². The molecule has 1 atom stereocenters. The van der Waals surface area contributed by atoms with E-state index in [1.807, 2.05) is 0 Å². The minimum Gasteiger partial charge on any atom is -0.341 e. The number of hydrogen-bond donors (Lipinski definition) is 3. The lowest BCUT2D eigenvalue weighted by molar-refractivity contribution is -0.137. The van der Waals surface area contributed by atoms with Gasteiger partial charge < -0.3 is 16.0 Å². The third-order valence-corrected chi connectivity index (χ3v) is 7.40. The summed E-state index contributed by atoms with van der Waals surface area (Å²) in [5.41, 5.74) is 0.850. The minimum atomic E-state index is -4.91. The quantitative estimate of drug-likeness (QED) is 0.224. The monoisotopic (exact) mass is 597 g/mol. The summed E-state index contributed by atoms with van der Waals surface area (Å²) in [6.07, 6.45) is -4.77. The van der Waals surface area contributed by atoms with Crippen LogP contribution in [0.3, 0.4) is 0 Å². The summed E-state index contributed by atoms with van der Waals surface area (Å²) in [5, 5.41) is 8.07. The van der Waals surface area contributed by atoms with Crippen molar-refractivity contribution in [1.82, 2.24) is 5.32 Å². The number of halogens is 6. The molecule has 1 unspecified atom stereocenters. The van der Waals surface area contributed by atoms with Crippen LogP contribution in [-0.2, 0) is 17.4 Å². The second-order valence-electron chi connectivity index (χ2n) is 9.83. The maximum atomic E-state index is 14.2. The first-order valence-corrected chi connectivity index (χ1v) is 12.8. The molecule has 4 aromatic carbocycles. The molecule has 0 aliphatic carbocycles. The molecule has 6 nitrogen and oxygen atoms in total. The third kappa shape index (κ3) is 4.96. The van der Waals surface area contributed by atoms with Crippen LogP contribution in [0.25, 0.3) is 11.1 Å². The number of fused-ring (bicyclic) bond motifs is 2. The fourth-order valence-electron chi connectivity index (χ4n) is 5.16. The summed E-state index contributed by atoms with van der Waals surface area (Å²) in [6, 6.07) is 12.1. The van der Waals surface area contributed by atoms with Gasteiger partial charge in [0.1, 0.15) is 11.6 Å². The zero-order valence-corrected chi connectivity index (χ0v) is 21.9. The molecule has 0 aromatic heterocycles. The molecule has 3 N–H and O–H groups in total. The maximum absolute atomic E-state index is 14.2. The van der Waals surface area contributed by atoms with E-state index in [0.717, 1.165) is 12.1 Å². The zero-order valence-electron chi connectivity index (χ0n) is 21.1. The lowest BCUT2D eigenvalue weighted by Gasteiger charge is -2.19. The molecular weight excluding hydrogens is 581 g/mol. The van der Waals surface area contributed by atoms with E-state index < -0.39 is 46.8 Å². The fraction of sp³-hybridized carbons (Fsp3) is 0.100. The molecule has 42 heavy (non-hydrogen) atoms. The number of carbonyl (C=O) groups excluding carboxylic acids is 3. The zero-order chi connectivity index (χ0) is 29.9. The van der Waals surface area contributed by atoms with Crippen molar-refractivity contribution >= 4 is 40.7 Å². The molecule has 0 radical (unpaired) electrons. The van der Waals surface area contributed by atoms with E-state index in [-0.39, 0.29) is 45.8 Å². The Morgan fingerprint density at radius 1 is 0.905 bits per heavy atom. The van der Waals surface area contributed by atoms with E-state index in [4.69, 9.17) is 11.6 Å². The third-order valence-electron chi connectivity index (χ3n) is 7.06. The summed E-state index contributed by atoms with van der Waals surface area (Å²) in [4.78, 5) is 38.3. The van der Waals surface area contributed by atoms with Gasteiger partial charge >= 0.3 is 6.18 Å². The molecule has 0 bridgehead atoms. The highest BCUT2D eigenvalue weighted by Crippen LogP contribution is 2.42. The molecule has 4 aromatic rings. The SMILES string of the molecule is O=C1Cc2cc(-c3cc(NC(=O)c4cc(F)cc(C(F)(F)F)c4)c4c(c3)C(=O)NC4c3cc(F)ccc3Cl)ccc2N1. The molecule has 2 aliphatic rings. The van der Waals surface area contributed by atoms with Gasteiger partial charge in [0.15, 0.2) is 0 Å². The Bertz CT molecular complexity index is 1840. The first-order valence-electron chi connectivity index (χ1n) is 12.4. The summed E-state index contributed by atoms with van der Waals surface area (Å²) in [6.45, 7) is 0. The molecule has 0 saturated heterocycles. The van der Waals surface area contributed by atoms with Crippen LogP contribution in [0.2, 0.25) is 5.02 Å². The van der Waals surface area contributed by atoms with Crippen molar-refractivity contribution in [3.05, 3.63) is 117 Å². The van der Waals surface area contributed by atoms with Crippen LogP contribution in [0, 0.1) is 11.6 Å². The second kappa shape index (κ2) is 9.95. The number of amides is 3. The van der Waals surface area contributed by atoms with Gasteiger partial charge in [0.25, 0.3) is 11.8 Å². The first-order chi connectivity index (χ1) is 19.9. The van der Waals surface area contributed by atoms with Crippen LogP contribution in [0.4, 0.5) is 33.3 Å². The van der Waals surface area contributed by atoms with Gasteiger partial charge in [-0.05, 0) is 77.4 Å². The summed E-state index contributed by atoms with van der Waals surface area (Å²) in [5.74, 6) is -3.74. The van der Waals surface area contributed by atoms with Gasteiger partial charge in [0.05, 0.1) is 18.0 Å². The molecule has 6 rings (SSSR count). The highest BCUT2D eigenvalue weighted by Gasteiger charge is 2.36. The highest BCUT2D eigenvalue weighted by atomic mass is 35.5. The summed E-state index contributed by atoms with van der Waals surface area (Å²) in [7, 11) is 0. The van der Waals surface area contributed by atoms with E-state index in [1.54, 1.807) is 24.3 Å². The average Bonchev–Trinajstić information content (AvgIpc) is 3.47. The number of carbonyl (C=O) groups is 3. The van der Waals surface area contributed by atoms with Crippen molar-refractivity contribution in [3.63, 3.8) is 0 Å². The van der Waals surface area contributed by atoms with E-state index >= 15 is 0 Å². The van der Waals surface area contributed by atoms with Crippen LogP contribution < -0.4 is 16.0 Å². The molecule has 2 heterocycles. The predicted octanol–water partition coefficient (Wildman–Crippen LogP) is 6.88. The summed E-state index contributed by atoms with van der Waals surface area (Å²) >= 11 is 6.33. The fourth-order valence-corrected chi connectivity index (χ4v) is 5.39. The lowest BCUT2D eigenvalue weighted by atomic mass is 9.92. The standard InChI is InChI=1S/C30H17ClF5N3O3/c31-22-3-2-18(32)12-20(22)27-26-21(29(42)39-27)8-14(13-1-4-23-15(5-13)10-25(40)37-23)9-24(26)38-28(41)16-6-17(30(34,35)36)11-19(33)7-16/h1-9,11-12,27H,10H2,(H,37,40)(H,38,41)(H,39,42). The van der Waals surface area contributed by atoms with Crippen LogP contribution >= 0.6 is 11.6 Å². The molecule has 0 spiro atoms. The van der Waals surface area contributed by atoms with Crippen LogP contribution in [0.15, 0.2) is 66.7 Å². The number of nitrogens with one attached hydrogen (secondary N) is 3. The van der Waals surface area contributed by atoms with Crippen molar-refractivity contribution in [2.24, 2.45) is 0 Å². The van der Waals surface area contributed by atoms with Gasteiger partial charge in [-0.1, -0.05) is 17.7 Å². The second-order valence-corrected chi connectivity index (χ2v) is 10.2. The summed E-state index contributed by atoms with van der Waals surface area (Å²) < 4.78 is 68.3. The van der Waals surface area contributed by atoms with E-state index in [9.17, 15) is 36.3 Å². The van der Waals surface area contributed by atoms with Crippen molar-refractivity contribution < 1.29 is 36.3 Å². The highest BCUT2D eigenvalue weighted by molar-refractivity contribution is 6.31. The molecular formula is C30H17ClF5N3O3. The van der Waals surface area contributed by atoms with Gasteiger partial charge in [0.2, 0.25) is 5.91 Å². The van der Waals surface area contributed by atoms with Crippen LogP contribution in [-0.4, -0.2) is 17.7 Å². The maximum Gasteiger partial charge on any atom is 0.416 e. The van der Waals surface area contributed by atoms with Crippen molar-refractivity contribution in [3.8, 4) is 11.1 Å². The van der Waals surface area contributed by atoms with Crippen LogP contribution in [0.5, 0.6) is 0 Å². The number of benzene rings is 4. The number of alkyl halides is 3. The number of anilines is 2. The number of rotatable bonds is 4. The van der Waals surface area contributed by atoms with E-state index in [0.29, 0.717) is 34.5 Å². The Morgan fingerprint density at radius 3 is 2.45 bits per heavy atom. The Labute approximate surface area is 239 Å². The van der Waals surface area contributed by atoms with E-state index in [2.05, 4.69) is 16.0 Å². The predicted molar refractivity (Wildman–Crippen MR) is 144 cm³/mol. The molecule has 12 heteroatoms. The normalized spacial score (nSPS) is 15.6. The molecule has 0 fully saturated rings. The largest absolute Gasteiger partial charge is 0.416 e. The van der Waals surface area contributed by atoms with Gasteiger partial charge in [-0.2, -0.15) is 13.2 Å². The Morgan fingerprint density at radius 2 is 1.69 bits per heavy atom. The molecule has 0 saturated carbocycles. The lowest BCUT2D eigenvalue weighted by Crippen LogP contribution is -2.21. The smallest absolute Gasteiger partial charge is 0.341 e. The van der Waals surface area contributed by atoms with Gasteiger partial charge in [-0.15, -0.1) is 0 Å². The van der Waals surface area contributed by atoms with Crippen molar-refractivity contribution in [2.45, 2.75) is 18.6 Å². The Kier molecular flexibility index (Phi) is 6.49. The van der Waals surface area contributed by atoms with Crippen molar-refractivity contribution in [2.75, 3.05) is 10.6 Å². The van der Waals surface area contributed by atoms with Gasteiger partial charge in [-0.3, -0.25) is 14.4 Å². The topological polar surface area (TPSA) is 87.3 Å². The van der Waals surface area contributed by atoms with E-state index in [1.165, 1.54) is 12.1 Å². The van der Waals surface area contributed by atoms with Crippen LogP contribution in [0.1, 0.15) is 49.0 Å². The average molecular weight is 598 g/mol. The first kappa shape index (κ1) is 27.4. The molecule has 212 valence electrons. The Hall–Kier alpha value is -4.77. The number of hydrogen-bond acceptors (Lipinski definition) is 3. The molecule has 2 aliphatic heterocycles. The van der Waals surface area contributed by atoms with Crippen molar-refractivity contribution in [1.29, 1.82) is 0 Å². The molecule has 3 amide bonds. The van der Waals surface area contributed by atoms with Gasteiger partial charge in [-0.25, -0.2) is 8.78 Å².